The molecule has 1 aromatic carbocycles. The van der Waals surface area contributed by atoms with Crippen molar-refractivity contribution in [2.24, 2.45) is 0 Å². The van der Waals surface area contributed by atoms with Gasteiger partial charge in [0.25, 0.3) is 0 Å². The van der Waals surface area contributed by atoms with Crippen LogP contribution in [0.4, 0.5) is 0 Å². The number of aliphatic hydroxyl groups excluding tert-OH is 2. The second kappa shape index (κ2) is 7.74. The Hall–Kier alpha value is -0.940. The van der Waals surface area contributed by atoms with E-state index >= 15 is 0 Å². The monoisotopic (exact) mass is 278 g/mol. The molecular weight excluding hydrogens is 252 g/mol. The van der Waals surface area contributed by atoms with Gasteiger partial charge in [0.05, 0.1) is 6.61 Å². The maximum atomic E-state index is 9.26. The van der Waals surface area contributed by atoms with E-state index in [0.29, 0.717) is 6.04 Å². The van der Waals surface area contributed by atoms with Gasteiger partial charge in [-0.05, 0) is 18.9 Å². The number of hydrogen-bond acceptors (Lipinski definition) is 4. The first kappa shape index (κ1) is 15.4. The van der Waals surface area contributed by atoms with Crippen LogP contribution in [0, 0.1) is 6.92 Å². The van der Waals surface area contributed by atoms with Crippen molar-refractivity contribution in [1.82, 2.24) is 9.80 Å². The van der Waals surface area contributed by atoms with Gasteiger partial charge in [-0.25, -0.2) is 0 Å². The van der Waals surface area contributed by atoms with Gasteiger partial charge in [-0.15, -0.1) is 0 Å². The van der Waals surface area contributed by atoms with Crippen molar-refractivity contribution in [3.8, 4) is 0 Å². The normalized spacial score (nSPS) is 21.2. The van der Waals surface area contributed by atoms with Crippen LogP contribution in [0.3, 0.4) is 0 Å². The zero-order valence-electron chi connectivity index (χ0n) is 12.3. The summed E-state index contributed by atoms with van der Waals surface area (Å²) < 4.78 is 0. The van der Waals surface area contributed by atoms with Crippen LogP contribution in [-0.2, 0) is 6.54 Å². The molecule has 0 radical (unpaired) electrons. The van der Waals surface area contributed by atoms with E-state index in [1.54, 1.807) is 0 Å². The van der Waals surface area contributed by atoms with E-state index in [4.69, 9.17) is 5.11 Å². The smallest absolute Gasteiger partial charge is 0.0558 e. The van der Waals surface area contributed by atoms with E-state index < -0.39 is 0 Å². The molecule has 1 aromatic rings. The Balaban J connectivity index is 1.96. The van der Waals surface area contributed by atoms with Crippen molar-refractivity contribution >= 4 is 0 Å². The standard InChI is InChI=1S/C16H26N2O2/c1-14-2-4-15(5-3-14)12-18-8-7-17(9-11-20)13-16(18)6-10-19/h2-5,16,19-20H,6-13H2,1H3/t16-/m1/s1. The van der Waals surface area contributed by atoms with E-state index in [0.717, 1.165) is 39.1 Å². The van der Waals surface area contributed by atoms with Gasteiger partial charge >= 0.3 is 0 Å². The minimum atomic E-state index is 0.212. The van der Waals surface area contributed by atoms with Gasteiger partial charge in [0, 0.05) is 45.4 Å². The van der Waals surface area contributed by atoms with E-state index in [2.05, 4.69) is 41.0 Å². The molecule has 4 nitrogen and oxygen atoms in total. The van der Waals surface area contributed by atoms with Crippen LogP contribution in [0.5, 0.6) is 0 Å². The van der Waals surface area contributed by atoms with Crippen LogP contribution >= 0.6 is 0 Å². The van der Waals surface area contributed by atoms with Crippen molar-refractivity contribution < 1.29 is 10.2 Å². The Kier molecular flexibility index (Phi) is 5.98. The van der Waals surface area contributed by atoms with Gasteiger partial charge in [-0.3, -0.25) is 9.80 Å². The molecule has 0 aliphatic carbocycles. The molecule has 0 spiro atoms. The van der Waals surface area contributed by atoms with E-state index in [1.807, 2.05) is 0 Å². The summed E-state index contributed by atoms with van der Waals surface area (Å²) >= 11 is 0. The molecule has 0 unspecified atom stereocenters. The number of hydrogen-bond donors (Lipinski definition) is 2. The minimum absolute atomic E-state index is 0.212. The first-order chi connectivity index (χ1) is 9.72. The van der Waals surface area contributed by atoms with Gasteiger partial charge in [-0.1, -0.05) is 29.8 Å². The number of aliphatic hydroxyl groups is 2. The highest BCUT2D eigenvalue weighted by molar-refractivity contribution is 5.21. The van der Waals surface area contributed by atoms with Crippen LogP contribution in [0.1, 0.15) is 17.5 Å². The highest BCUT2D eigenvalue weighted by Gasteiger charge is 2.26. The summed E-state index contributed by atoms with van der Waals surface area (Å²) in [5.74, 6) is 0. The Labute approximate surface area is 121 Å². The fourth-order valence-corrected chi connectivity index (χ4v) is 2.86. The molecular formula is C16H26N2O2. The molecule has 0 bridgehead atoms. The number of nitrogens with zero attached hydrogens (tertiary/aromatic N) is 2. The molecule has 1 saturated heterocycles. The molecule has 0 aromatic heterocycles. The third kappa shape index (κ3) is 4.28. The Morgan fingerprint density at radius 3 is 2.50 bits per heavy atom. The molecule has 1 heterocycles. The fourth-order valence-electron chi connectivity index (χ4n) is 2.86. The predicted octanol–water partition coefficient (Wildman–Crippen LogP) is 0.856. The molecule has 20 heavy (non-hydrogen) atoms. The third-order valence-corrected chi connectivity index (χ3v) is 4.07. The Bertz CT molecular complexity index is 394. The number of rotatable bonds is 6. The lowest BCUT2D eigenvalue weighted by atomic mass is 10.1. The van der Waals surface area contributed by atoms with Crippen LogP contribution in [0.15, 0.2) is 24.3 Å². The first-order valence-corrected chi connectivity index (χ1v) is 7.46. The highest BCUT2D eigenvalue weighted by Crippen LogP contribution is 2.16. The lowest BCUT2D eigenvalue weighted by Crippen LogP contribution is -2.53. The highest BCUT2D eigenvalue weighted by atomic mass is 16.3. The summed E-state index contributed by atoms with van der Waals surface area (Å²) in [6, 6.07) is 9.05. The van der Waals surface area contributed by atoms with Gasteiger partial charge in [0.1, 0.15) is 0 Å². The predicted molar refractivity (Wildman–Crippen MR) is 80.6 cm³/mol. The van der Waals surface area contributed by atoms with Crippen LogP contribution in [-0.4, -0.2) is 65.4 Å². The zero-order valence-corrected chi connectivity index (χ0v) is 12.3. The summed E-state index contributed by atoms with van der Waals surface area (Å²) in [7, 11) is 0. The molecule has 1 atom stereocenters. The molecule has 0 amide bonds. The fraction of sp³-hybridized carbons (Fsp3) is 0.625. The van der Waals surface area contributed by atoms with Crippen molar-refractivity contribution in [2.75, 3.05) is 39.4 Å². The van der Waals surface area contributed by atoms with E-state index in [1.165, 1.54) is 11.1 Å². The molecule has 112 valence electrons. The lowest BCUT2D eigenvalue weighted by Gasteiger charge is -2.41. The van der Waals surface area contributed by atoms with Gasteiger partial charge in [-0.2, -0.15) is 0 Å². The largest absolute Gasteiger partial charge is 0.396 e. The van der Waals surface area contributed by atoms with Crippen LogP contribution in [0.25, 0.3) is 0 Å². The average molecular weight is 278 g/mol. The maximum Gasteiger partial charge on any atom is 0.0558 e. The quantitative estimate of drug-likeness (QED) is 0.810. The summed E-state index contributed by atoms with van der Waals surface area (Å²) in [5.41, 5.74) is 2.61. The Morgan fingerprint density at radius 2 is 1.85 bits per heavy atom. The number of piperazine rings is 1. The van der Waals surface area contributed by atoms with Gasteiger partial charge in [0.2, 0.25) is 0 Å². The molecule has 0 saturated carbocycles. The molecule has 1 aliphatic heterocycles. The van der Waals surface area contributed by atoms with Crippen LogP contribution in [0.2, 0.25) is 0 Å². The van der Waals surface area contributed by atoms with Crippen molar-refractivity contribution in [1.29, 1.82) is 0 Å². The molecule has 2 N–H and O–H groups in total. The van der Waals surface area contributed by atoms with Crippen molar-refractivity contribution in [2.45, 2.75) is 25.9 Å². The Morgan fingerprint density at radius 1 is 1.10 bits per heavy atom. The first-order valence-electron chi connectivity index (χ1n) is 7.46. The summed E-state index contributed by atoms with van der Waals surface area (Å²) in [4.78, 5) is 4.74. The summed E-state index contributed by atoms with van der Waals surface area (Å²) in [6.07, 6.45) is 0.799. The van der Waals surface area contributed by atoms with Crippen molar-refractivity contribution in [3.63, 3.8) is 0 Å². The second-order valence-corrected chi connectivity index (χ2v) is 5.65. The number of aryl methyl sites for hydroxylation is 1. The van der Waals surface area contributed by atoms with E-state index in [-0.39, 0.29) is 13.2 Å². The zero-order chi connectivity index (χ0) is 14.4. The second-order valence-electron chi connectivity index (χ2n) is 5.65. The van der Waals surface area contributed by atoms with E-state index in [9.17, 15) is 5.11 Å². The summed E-state index contributed by atoms with van der Waals surface area (Å²) in [6.45, 7) is 7.15. The molecule has 1 fully saturated rings. The summed E-state index contributed by atoms with van der Waals surface area (Å²) in [5, 5.41) is 18.3. The van der Waals surface area contributed by atoms with Gasteiger partial charge < -0.3 is 10.2 Å². The average Bonchev–Trinajstić information content (AvgIpc) is 2.45. The number of benzene rings is 1. The number of β-amino-alcohol motifs (C(OH)–C–C–N with tert-alkyl or cyclic N) is 1. The molecule has 4 heteroatoms. The van der Waals surface area contributed by atoms with Gasteiger partial charge in [0.15, 0.2) is 0 Å². The maximum absolute atomic E-state index is 9.26. The topological polar surface area (TPSA) is 46.9 Å². The minimum Gasteiger partial charge on any atom is -0.396 e. The molecule has 1 aliphatic rings. The lowest BCUT2D eigenvalue weighted by molar-refractivity contribution is 0.0455. The third-order valence-electron chi connectivity index (χ3n) is 4.07. The van der Waals surface area contributed by atoms with Crippen molar-refractivity contribution in [3.05, 3.63) is 35.4 Å². The molecule has 2 rings (SSSR count). The SMILES string of the molecule is Cc1ccc(CN2CCN(CCO)C[C@H]2CCO)cc1. The van der Waals surface area contributed by atoms with Crippen LogP contribution < -0.4 is 0 Å².